The topological polar surface area (TPSA) is 35.8 Å². The fourth-order valence-corrected chi connectivity index (χ4v) is 1.49. The van der Waals surface area contributed by atoms with Gasteiger partial charge >= 0.3 is 0 Å². The smallest absolute Gasteiger partial charge is 0.0640 e. The lowest BCUT2D eigenvalue weighted by atomic mass is 10.0. The molecule has 0 saturated carbocycles. The lowest BCUT2D eigenvalue weighted by molar-refractivity contribution is 0.647. The van der Waals surface area contributed by atoms with Gasteiger partial charge in [-0.2, -0.15) is 5.26 Å². The minimum absolute atomic E-state index is 0.549. The van der Waals surface area contributed by atoms with Gasteiger partial charge in [0.1, 0.15) is 0 Å². The second-order valence-electron chi connectivity index (χ2n) is 4.13. The molecule has 1 rings (SSSR count). The summed E-state index contributed by atoms with van der Waals surface area (Å²) in [5.74, 6) is 0.697. The van der Waals surface area contributed by atoms with Crippen molar-refractivity contribution in [2.24, 2.45) is 5.92 Å². The average Bonchev–Trinajstić information content (AvgIpc) is 2.20. The second kappa shape index (κ2) is 6.08. The lowest BCUT2D eigenvalue weighted by Crippen LogP contribution is -2.00. The van der Waals surface area contributed by atoms with Crippen molar-refractivity contribution in [2.75, 3.05) is 11.9 Å². The van der Waals surface area contributed by atoms with Gasteiger partial charge in [-0.3, -0.25) is 0 Å². The molecule has 80 valence electrons. The van der Waals surface area contributed by atoms with Gasteiger partial charge in [0, 0.05) is 12.2 Å². The highest BCUT2D eigenvalue weighted by atomic mass is 14.9. The van der Waals surface area contributed by atoms with Crippen LogP contribution in [0.25, 0.3) is 0 Å². The Morgan fingerprint density at radius 2 is 1.93 bits per heavy atom. The molecule has 15 heavy (non-hydrogen) atoms. The number of rotatable bonds is 5. The van der Waals surface area contributed by atoms with Crippen LogP contribution in [-0.2, 0) is 6.42 Å². The largest absolute Gasteiger partial charge is 0.384 e. The van der Waals surface area contributed by atoms with Gasteiger partial charge in [-0.1, -0.05) is 26.0 Å². The predicted octanol–water partition coefficient (Wildman–Crippen LogP) is 3.21. The molecule has 0 amide bonds. The zero-order valence-corrected chi connectivity index (χ0v) is 9.46. The molecule has 1 N–H and O–H groups in total. The summed E-state index contributed by atoms with van der Waals surface area (Å²) in [5, 5.41) is 11.6. The fraction of sp³-hybridized carbons (Fsp3) is 0.462. The Balaban J connectivity index is 2.46. The zero-order chi connectivity index (χ0) is 11.1. The van der Waals surface area contributed by atoms with E-state index in [9.17, 15) is 0 Å². The first-order valence-corrected chi connectivity index (χ1v) is 5.42. The number of nitriles is 1. The van der Waals surface area contributed by atoms with Crippen LogP contribution in [0.15, 0.2) is 24.3 Å². The number of hydrogen-bond acceptors (Lipinski definition) is 2. The molecule has 1 aromatic rings. The summed E-state index contributed by atoms with van der Waals surface area (Å²) in [4.78, 5) is 0. The van der Waals surface area contributed by atoms with E-state index >= 15 is 0 Å². The van der Waals surface area contributed by atoms with Gasteiger partial charge in [0.15, 0.2) is 0 Å². The normalized spacial score (nSPS) is 10.0. The molecule has 0 fully saturated rings. The Kier molecular flexibility index (Phi) is 4.70. The molecule has 0 aliphatic carbocycles. The van der Waals surface area contributed by atoms with Crippen LogP contribution >= 0.6 is 0 Å². The fourth-order valence-electron chi connectivity index (χ4n) is 1.49. The Bertz CT molecular complexity index is 319. The Morgan fingerprint density at radius 1 is 1.27 bits per heavy atom. The molecule has 0 aromatic heterocycles. The number of benzene rings is 1. The molecular weight excluding hydrogens is 184 g/mol. The van der Waals surface area contributed by atoms with Crippen molar-refractivity contribution in [2.45, 2.75) is 26.7 Å². The minimum Gasteiger partial charge on any atom is -0.384 e. The van der Waals surface area contributed by atoms with Gasteiger partial charge in [-0.15, -0.1) is 0 Å². The molecule has 0 spiro atoms. The highest BCUT2D eigenvalue weighted by molar-refractivity contribution is 5.44. The molecule has 0 saturated heterocycles. The molecule has 1 aromatic carbocycles. The summed E-state index contributed by atoms with van der Waals surface area (Å²) >= 11 is 0. The van der Waals surface area contributed by atoms with Gasteiger partial charge in [0.25, 0.3) is 0 Å². The third-order valence-corrected chi connectivity index (χ3v) is 2.16. The summed E-state index contributed by atoms with van der Waals surface area (Å²) < 4.78 is 0. The SMILES string of the molecule is CC(C)Cc1ccc(NCCC#N)cc1. The maximum atomic E-state index is 8.40. The van der Waals surface area contributed by atoms with Crippen LogP contribution in [0.4, 0.5) is 5.69 Å². The van der Waals surface area contributed by atoms with E-state index in [-0.39, 0.29) is 0 Å². The molecule has 0 aliphatic heterocycles. The zero-order valence-electron chi connectivity index (χ0n) is 9.46. The summed E-state index contributed by atoms with van der Waals surface area (Å²) in [6, 6.07) is 10.6. The highest BCUT2D eigenvalue weighted by Crippen LogP contribution is 2.12. The average molecular weight is 202 g/mol. The van der Waals surface area contributed by atoms with Crippen LogP contribution < -0.4 is 5.32 Å². The van der Waals surface area contributed by atoms with Gasteiger partial charge in [0.2, 0.25) is 0 Å². The van der Waals surface area contributed by atoms with Crippen molar-refractivity contribution < 1.29 is 0 Å². The maximum Gasteiger partial charge on any atom is 0.0640 e. The summed E-state index contributed by atoms with van der Waals surface area (Å²) in [7, 11) is 0. The third-order valence-electron chi connectivity index (χ3n) is 2.16. The number of nitrogens with one attached hydrogen (secondary N) is 1. The molecule has 0 bridgehead atoms. The quantitative estimate of drug-likeness (QED) is 0.744. The van der Waals surface area contributed by atoms with Gasteiger partial charge in [-0.05, 0) is 30.0 Å². The third kappa shape index (κ3) is 4.51. The molecule has 2 nitrogen and oxygen atoms in total. The molecule has 2 heteroatoms. The van der Waals surface area contributed by atoms with E-state index in [2.05, 4.69) is 49.5 Å². The molecule has 0 heterocycles. The Morgan fingerprint density at radius 3 is 2.47 bits per heavy atom. The van der Waals surface area contributed by atoms with E-state index < -0.39 is 0 Å². The second-order valence-corrected chi connectivity index (χ2v) is 4.13. The van der Waals surface area contributed by atoms with E-state index in [1.165, 1.54) is 5.56 Å². The molecular formula is C13H18N2. The number of hydrogen-bond donors (Lipinski definition) is 1. The van der Waals surface area contributed by atoms with E-state index in [1.54, 1.807) is 0 Å². The first-order chi connectivity index (χ1) is 7.22. The van der Waals surface area contributed by atoms with Crippen LogP contribution in [0.5, 0.6) is 0 Å². The van der Waals surface area contributed by atoms with E-state index in [1.807, 2.05) is 0 Å². The number of anilines is 1. The predicted molar refractivity (Wildman–Crippen MR) is 63.7 cm³/mol. The van der Waals surface area contributed by atoms with E-state index in [0.29, 0.717) is 12.3 Å². The maximum absolute atomic E-state index is 8.40. The van der Waals surface area contributed by atoms with Crippen LogP contribution in [0.1, 0.15) is 25.8 Å². The van der Waals surface area contributed by atoms with Crippen molar-refractivity contribution in [3.63, 3.8) is 0 Å². The molecule has 0 atom stereocenters. The van der Waals surface area contributed by atoms with Gasteiger partial charge in [0.05, 0.1) is 12.5 Å². The van der Waals surface area contributed by atoms with Crippen molar-refractivity contribution in [3.05, 3.63) is 29.8 Å². The molecule has 0 radical (unpaired) electrons. The van der Waals surface area contributed by atoms with Crippen molar-refractivity contribution in [3.8, 4) is 6.07 Å². The molecule has 0 unspecified atom stereocenters. The first kappa shape index (κ1) is 11.6. The van der Waals surface area contributed by atoms with Crippen molar-refractivity contribution in [1.29, 1.82) is 5.26 Å². The Hall–Kier alpha value is -1.49. The number of nitrogens with zero attached hydrogens (tertiary/aromatic N) is 1. The summed E-state index contributed by atoms with van der Waals surface area (Å²) in [5.41, 5.74) is 2.47. The van der Waals surface area contributed by atoms with Gasteiger partial charge < -0.3 is 5.32 Å². The van der Waals surface area contributed by atoms with Crippen LogP contribution in [-0.4, -0.2) is 6.54 Å². The lowest BCUT2D eigenvalue weighted by Gasteiger charge is -2.07. The van der Waals surface area contributed by atoms with Crippen LogP contribution in [0.2, 0.25) is 0 Å². The van der Waals surface area contributed by atoms with Crippen molar-refractivity contribution >= 4 is 5.69 Å². The monoisotopic (exact) mass is 202 g/mol. The Labute approximate surface area is 91.9 Å². The molecule has 0 aliphatic rings. The standard InChI is InChI=1S/C13H18N2/c1-11(2)10-12-4-6-13(7-5-12)15-9-3-8-14/h4-7,11,15H,3,9-10H2,1-2H3. The highest BCUT2D eigenvalue weighted by Gasteiger charge is 1.97. The van der Waals surface area contributed by atoms with E-state index in [4.69, 9.17) is 5.26 Å². The summed E-state index contributed by atoms with van der Waals surface area (Å²) in [6.07, 6.45) is 1.67. The van der Waals surface area contributed by atoms with Crippen LogP contribution in [0.3, 0.4) is 0 Å². The van der Waals surface area contributed by atoms with E-state index in [0.717, 1.165) is 18.7 Å². The van der Waals surface area contributed by atoms with Gasteiger partial charge in [-0.25, -0.2) is 0 Å². The minimum atomic E-state index is 0.549. The first-order valence-electron chi connectivity index (χ1n) is 5.42. The summed E-state index contributed by atoms with van der Waals surface area (Å²) in [6.45, 7) is 5.16. The van der Waals surface area contributed by atoms with Crippen LogP contribution in [0, 0.1) is 17.2 Å². The van der Waals surface area contributed by atoms with Crippen molar-refractivity contribution in [1.82, 2.24) is 0 Å².